The highest BCUT2D eigenvalue weighted by atomic mass is 19.4. The predicted octanol–water partition coefficient (Wildman–Crippen LogP) is 5.10. The highest BCUT2D eigenvalue weighted by Gasteiger charge is 2.40. The number of piperidine rings is 1. The van der Waals surface area contributed by atoms with Gasteiger partial charge in [0.15, 0.2) is 6.29 Å². The standard InChI is InChI=1S/C27H34F4N6O3/c1-16(40-24-6-4-5-11-39-24)25-35-21-14-33-19(13-22(21)37(25)17(2)27(29,30)31)12-18-7-9-32-26(34-18)36-10-8-23(38-3)20(28)15-36/h7,9,13-14,16-17,20,23-24H,4-6,8,10-12,15H2,1-3H3/t16-,17-,20?,23?,24?/m1/s1. The molecule has 2 aliphatic rings. The molecule has 9 nitrogen and oxygen atoms in total. The summed E-state index contributed by atoms with van der Waals surface area (Å²) in [6.45, 7) is 4.03. The van der Waals surface area contributed by atoms with Gasteiger partial charge in [-0.25, -0.2) is 19.3 Å². The quantitative estimate of drug-likeness (QED) is 0.348. The first kappa shape index (κ1) is 28.6. The predicted molar refractivity (Wildman–Crippen MR) is 139 cm³/mol. The summed E-state index contributed by atoms with van der Waals surface area (Å²) in [6.07, 6.45) is -0.932. The molecule has 3 aromatic rings. The Balaban J connectivity index is 1.42. The van der Waals surface area contributed by atoms with Gasteiger partial charge >= 0.3 is 6.18 Å². The fourth-order valence-corrected chi connectivity index (χ4v) is 5.25. The molecule has 5 atom stereocenters. The van der Waals surface area contributed by atoms with Crippen molar-refractivity contribution >= 4 is 17.0 Å². The molecule has 13 heteroatoms. The van der Waals surface area contributed by atoms with Crippen LogP contribution in [-0.2, 0) is 20.6 Å². The molecule has 0 radical (unpaired) electrons. The van der Waals surface area contributed by atoms with Crippen LogP contribution in [0.5, 0.6) is 0 Å². The lowest BCUT2D eigenvalue weighted by molar-refractivity contribution is -0.190. The average molecular weight is 567 g/mol. The van der Waals surface area contributed by atoms with Gasteiger partial charge in [0.2, 0.25) is 5.95 Å². The van der Waals surface area contributed by atoms with Gasteiger partial charge < -0.3 is 23.7 Å². The van der Waals surface area contributed by atoms with Gasteiger partial charge in [-0.1, -0.05) is 0 Å². The van der Waals surface area contributed by atoms with Crippen molar-refractivity contribution in [1.29, 1.82) is 0 Å². The van der Waals surface area contributed by atoms with Crippen LogP contribution in [0.3, 0.4) is 0 Å². The third kappa shape index (κ3) is 6.21. The summed E-state index contributed by atoms with van der Waals surface area (Å²) < 4.78 is 74.4. The van der Waals surface area contributed by atoms with Crippen LogP contribution in [0.2, 0.25) is 0 Å². The summed E-state index contributed by atoms with van der Waals surface area (Å²) in [5, 5.41) is 0. The highest BCUT2D eigenvalue weighted by molar-refractivity contribution is 5.76. The molecule has 0 amide bonds. The monoisotopic (exact) mass is 566 g/mol. The number of pyridine rings is 1. The zero-order chi connectivity index (χ0) is 28.4. The number of anilines is 1. The van der Waals surface area contributed by atoms with E-state index in [0.717, 1.165) is 19.8 Å². The Morgan fingerprint density at radius 2 is 1.95 bits per heavy atom. The molecule has 2 aliphatic heterocycles. The summed E-state index contributed by atoms with van der Waals surface area (Å²) in [4.78, 5) is 19.6. The number of imidazole rings is 1. The molecule has 0 N–H and O–H groups in total. The molecule has 2 saturated heterocycles. The van der Waals surface area contributed by atoms with E-state index < -0.39 is 36.9 Å². The fraction of sp³-hybridized carbons (Fsp3) is 0.630. The van der Waals surface area contributed by atoms with Crippen LogP contribution in [0.25, 0.3) is 11.0 Å². The maximum Gasteiger partial charge on any atom is 0.408 e. The topological polar surface area (TPSA) is 87.4 Å². The number of nitrogens with zero attached hydrogens (tertiary/aromatic N) is 6. The average Bonchev–Trinajstić information content (AvgIpc) is 3.31. The molecule has 3 unspecified atom stereocenters. The third-order valence-corrected chi connectivity index (χ3v) is 7.51. The van der Waals surface area contributed by atoms with Crippen LogP contribution in [0.1, 0.15) is 68.9 Å². The van der Waals surface area contributed by atoms with Crippen LogP contribution in [0.15, 0.2) is 24.5 Å². The molecule has 3 aromatic heterocycles. The van der Waals surface area contributed by atoms with Crippen molar-refractivity contribution in [3.63, 3.8) is 0 Å². The van der Waals surface area contributed by atoms with E-state index in [1.807, 2.05) is 0 Å². The number of hydrogen-bond donors (Lipinski definition) is 0. The lowest BCUT2D eigenvalue weighted by Crippen LogP contribution is -2.46. The van der Waals surface area contributed by atoms with Gasteiger partial charge in [-0.2, -0.15) is 13.2 Å². The molecule has 0 aromatic carbocycles. The molecule has 0 aliphatic carbocycles. The van der Waals surface area contributed by atoms with Crippen LogP contribution in [0, 0.1) is 0 Å². The number of methoxy groups -OCH3 is 1. The number of aromatic nitrogens is 5. The van der Waals surface area contributed by atoms with Gasteiger partial charge in [-0.3, -0.25) is 4.98 Å². The smallest absolute Gasteiger partial charge is 0.378 e. The van der Waals surface area contributed by atoms with E-state index in [9.17, 15) is 17.6 Å². The maximum atomic E-state index is 14.4. The van der Waals surface area contributed by atoms with E-state index in [1.165, 1.54) is 17.9 Å². The second kappa shape index (κ2) is 11.9. The zero-order valence-electron chi connectivity index (χ0n) is 22.8. The SMILES string of the molecule is COC1CCN(c2nccc(Cc3cc4c(cn3)nc([C@@H](C)OC3CCCCO3)n4[C@H](C)C(F)(F)F)n2)CC1F. The Morgan fingerprint density at radius 1 is 1.12 bits per heavy atom. The van der Waals surface area contributed by atoms with E-state index in [4.69, 9.17) is 14.2 Å². The number of ether oxygens (including phenoxy) is 3. The molecule has 0 spiro atoms. The first-order valence-corrected chi connectivity index (χ1v) is 13.6. The van der Waals surface area contributed by atoms with Crippen molar-refractivity contribution in [2.24, 2.45) is 0 Å². The molecular weight excluding hydrogens is 532 g/mol. The largest absolute Gasteiger partial charge is 0.408 e. The van der Waals surface area contributed by atoms with Gasteiger partial charge in [-0.05, 0) is 51.7 Å². The Morgan fingerprint density at radius 3 is 2.65 bits per heavy atom. The van der Waals surface area contributed by atoms with Gasteiger partial charge in [0, 0.05) is 38.6 Å². The number of alkyl halides is 4. The second-order valence-electron chi connectivity index (χ2n) is 10.3. The Kier molecular flexibility index (Phi) is 8.52. The second-order valence-corrected chi connectivity index (χ2v) is 10.3. The summed E-state index contributed by atoms with van der Waals surface area (Å²) in [5.41, 5.74) is 1.78. The minimum Gasteiger partial charge on any atom is -0.378 e. The van der Waals surface area contributed by atoms with E-state index in [2.05, 4.69) is 19.9 Å². The molecule has 40 heavy (non-hydrogen) atoms. The van der Waals surface area contributed by atoms with Crippen molar-refractivity contribution in [1.82, 2.24) is 24.5 Å². The van der Waals surface area contributed by atoms with Crippen molar-refractivity contribution < 1.29 is 31.8 Å². The Labute approximate surface area is 229 Å². The van der Waals surface area contributed by atoms with Crippen molar-refractivity contribution in [2.75, 3.05) is 31.7 Å². The Bertz CT molecular complexity index is 1300. The normalized spacial score (nSPS) is 23.9. The van der Waals surface area contributed by atoms with E-state index in [-0.39, 0.29) is 18.8 Å². The summed E-state index contributed by atoms with van der Waals surface area (Å²) in [6, 6.07) is 1.49. The molecule has 5 rings (SSSR count). The molecule has 2 fully saturated rings. The van der Waals surface area contributed by atoms with E-state index in [0.29, 0.717) is 54.4 Å². The number of hydrogen-bond acceptors (Lipinski definition) is 8. The first-order valence-electron chi connectivity index (χ1n) is 13.6. The summed E-state index contributed by atoms with van der Waals surface area (Å²) in [5.74, 6) is 0.558. The highest BCUT2D eigenvalue weighted by Crippen LogP contribution is 2.37. The van der Waals surface area contributed by atoms with Gasteiger partial charge in [0.05, 0.1) is 30.1 Å². The van der Waals surface area contributed by atoms with Crippen molar-refractivity contribution in [2.45, 2.75) is 82.8 Å². The molecule has 0 bridgehead atoms. The van der Waals surface area contributed by atoms with Crippen LogP contribution >= 0.6 is 0 Å². The number of fused-ring (bicyclic) bond motifs is 1. The van der Waals surface area contributed by atoms with Crippen LogP contribution in [0.4, 0.5) is 23.5 Å². The van der Waals surface area contributed by atoms with E-state index in [1.54, 1.807) is 30.2 Å². The lowest BCUT2D eigenvalue weighted by atomic mass is 10.1. The minimum absolute atomic E-state index is 0.121. The molecular formula is C27H34F4N6O3. The van der Waals surface area contributed by atoms with Gasteiger partial charge in [-0.15, -0.1) is 0 Å². The molecule has 218 valence electrons. The van der Waals surface area contributed by atoms with E-state index >= 15 is 0 Å². The zero-order valence-corrected chi connectivity index (χ0v) is 22.8. The third-order valence-electron chi connectivity index (χ3n) is 7.51. The summed E-state index contributed by atoms with van der Waals surface area (Å²) >= 11 is 0. The van der Waals surface area contributed by atoms with Crippen molar-refractivity contribution in [3.05, 3.63) is 41.7 Å². The van der Waals surface area contributed by atoms with Crippen LogP contribution in [-0.4, -0.2) is 76.1 Å². The number of halogens is 4. The summed E-state index contributed by atoms with van der Waals surface area (Å²) in [7, 11) is 1.50. The maximum absolute atomic E-state index is 14.4. The molecule has 0 saturated carbocycles. The Hall–Kier alpha value is -2.90. The van der Waals surface area contributed by atoms with Gasteiger partial charge in [0.1, 0.15) is 29.7 Å². The fourth-order valence-electron chi connectivity index (χ4n) is 5.25. The first-order chi connectivity index (χ1) is 19.1. The van der Waals surface area contributed by atoms with Crippen molar-refractivity contribution in [3.8, 4) is 0 Å². The minimum atomic E-state index is -4.50. The van der Waals surface area contributed by atoms with Gasteiger partial charge in [0.25, 0.3) is 0 Å². The number of rotatable bonds is 8. The lowest BCUT2D eigenvalue weighted by Gasteiger charge is -2.33. The van der Waals surface area contributed by atoms with Crippen LogP contribution < -0.4 is 4.90 Å². The molecule has 5 heterocycles.